The van der Waals surface area contributed by atoms with Gasteiger partial charge in [-0.3, -0.25) is 0 Å². The highest BCUT2D eigenvalue weighted by Gasteiger charge is 2.06. The normalized spacial score (nSPS) is 11.0. The van der Waals surface area contributed by atoms with Gasteiger partial charge in [-0.25, -0.2) is 9.97 Å². The quantitative estimate of drug-likeness (QED) is 0.386. The average Bonchev–Trinajstić information content (AvgIpc) is 2.67. The van der Waals surface area contributed by atoms with Gasteiger partial charge in [-0.05, 0) is 30.7 Å². The number of nitrogens with zero attached hydrogens (tertiary/aromatic N) is 2. The van der Waals surface area contributed by atoms with Crippen LogP contribution in [-0.2, 0) is 0 Å². The van der Waals surface area contributed by atoms with Crippen LogP contribution in [0.2, 0.25) is 0 Å². The van der Waals surface area contributed by atoms with Crippen molar-refractivity contribution in [2.24, 2.45) is 0 Å². The zero-order valence-corrected chi connectivity index (χ0v) is 15.9. The average molecular weight is 378 g/mol. The standard InChI is InChI=1S/C21H28F2N2O2/c1-2-3-4-5-6-7-8-9-14-26-19-15-24-20(25-16-19)17-10-12-18(13-11-17)27-21(22)23/h10-13,15-16,21H,2-9,14H2,1H3. The maximum absolute atomic E-state index is 12.2. The van der Waals surface area contributed by atoms with E-state index in [9.17, 15) is 8.78 Å². The second-order valence-corrected chi connectivity index (χ2v) is 6.47. The summed E-state index contributed by atoms with van der Waals surface area (Å²) in [7, 11) is 0. The van der Waals surface area contributed by atoms with Crippen LogP contribution >= 0.6 is 0 Å². The van der Waals surface area contributed by atoms with Gasteiger partial charge in [-0.15, -0.1) is 0 Å². The number of hydrogen-bond donors (Lipinski definition) is 0. The van der Waals surface area contributed by atoms with Crippen molar-refractivity contribution in [1.29, 1.82) is 0 Å². The zero-order chi connectivity index (χ0) is 19.3. The smallest absolute Gasteiger partial charge is 0.387 e. The molecule has 0 saturated heterocycles. The number of unbranched alkanes of at least 4 members (excludes halogenated alkanes) is 7. The molecular weight excluding hydrogens is 350 g/mol. The molecule has 4 nitrogen and oxygen atoms in total. The van der Waals surface area contributed by atoms with Crippen LogP contribution in [0.3, 0.4) is 0 Å². The first kappa shape index (κ1) is 21.1. The van der Waals surface area contributed by atoms with Crippen molar-refractivity contribution in [3.63, 3.8) is 0 Å². The summed E-state index contributed by atoms with van der Waals surface area (Å²) in [6.45, 7) is 0.0662. The highest BCUT2D eigenvalue weighted by atomic mass is 19.3. The van der Waals surface area contributed by atoms with Gasteiger partial charge >= 0.3 is 6.61 Å². The largest absolute Gasteiger partial charge is 0.490 e. The number of aromatic nitrogens is 2. The van der Waals surface area contributed by atoms with E-state index >= 15 is 0 Å². The van der Waals surface area contributed by atoms with E-state index in [-0.39, 0.29) is 5.75 Å². The number of rotatable bonds is 13. The van der Waals surface area contributed by atoms with Gasteiger partial charge in [-0.2, -0.15) is 8.78 Å². The molecule has 2 rings (SSSR count). The lowest BCUT2D eigenvalue weighted by Crippen LogP contribution is -2.01. The third-order valence-corrected chi connectivity index (χ3v) is 4.23. The molecule has 0 amide bonds. The minimum absolute atomic E-state index is 0.110. The van der Waals surface area contributed by atoms with E-state index < -0.39 is 6.61 Å². The zero-order valence-electron chi connectivity index (χ0n) is 15.9. The Bertz CT molecular complexity index is 634. The van der Waals surface area contributed by atoms with Gasteiger partial charge in [0.25, 0.3) is 0 Å². The van der Waals surface area contributed by atoms with E-state index in [1.165, 1.54) is 57.1 Å². The number of hydrogen-bond acceptors (Lipinski definition) is 4. The third kappa shape index (κ3) is 8.33. The van der Waals surface area contributed by atoms with Crippen molar-refractivity contribution in [3.05, 3.63) is 36.7 Å². The van der Waals surface area contributed by atoms with Crippen LogP contribution in [0.15, 0.2) is 36.7 Å². The Morgan fingerprint density at radius 2 is 1.41 bits per heavy atom. The molecule has 1 heterocycles. The van der Waals surface area contributed by atoms with Crippen molar-refractivity contribution in [1.82, 2.24) is 9.97 Å². The molecule has 0 fully saturated rings. The van der Waals surface area contributed by atoms with Crippen molar-refractivity contribution in [2.45, 2.75) is 64.9 Å². The molecule has 0 radical (unpaired) electrons. The monoisotopic (exact) mass is 378 g/mol. The summed E-state index contributed by atoms with van der Waals surface area (Å²) >= 11 is 0. The minimum atomic E-state index is -2.83. The van der Waals surface area contributed by atoms with Gasteiger partial charge < -0.3 is 9.47 Å². The van der Waals surface area contributed by atoms with Gasteiger partial charge in [0.15, 0.2) is 11.6 Å². The molecule has 148 valence electrons. The Hall–Kier alpha value is -2.24. The maximum atomic E-state index is 12.2. The molecule has 27 heavy (non-hydrogen) atoms. The topological polar surface area (TPSA) is 44.2 Å². The molecular formula is C21H28F2N2O2. The van der Waals surface area contributed by atoms with Crippen LogP contribution in [0, 0.1) is 0 Å². The summed E-state index contributed by atoms with van der Waals surface area (Å²) in [5, 5.41) is 0. The van der Waals surface area contributed by atoms with E-state index in [1.807, 2.05) is 0 Å². The second-order valence-electron chi connectivity index (χ2n) is 6.47. The SMILES string of the molecule is CCCCCCCCCCOc1cnc(-c2ccc(OC(F)F)cc2)nc1. The Morgan fingerprint density at radius 1 is 0.815 bits per heavy atom. The van der Waals surface area contributed by atoms with E-state index in [4.69, 9.17) is 4.74 Å². The van der Waals surface area contributed by atoms with E-state index in [2.05, 4.69) is 21.6 Å². The molecule has 0 atom stereocenters. The van der Waals surface area contributed by atoms with Crippen molar-refractivity contribution in [2.75, 3.05) is 6.61 Å². The Morgan fingerprint density at radius 3 is 2.00 bits per heavy atom. The molecule has 0 bridgehead atoms. The molecule has 0 aliphatic heterocycles. The van der Waals surface area contributed by atoms with Gasteiger partial charge in [0, 0.05) is 5.56 Å². The van der Waals surface area contributed by atoms with Crippen LogP contribution in [-0.4, -0.2) is 23.2 Å². The molecule has 0 aliphatic carbocycles. The summed E-state index contributed by atoms with van der Waals surface area (Å²) in [5.74, 6) is 1.26. The summed E-state index contributed by atoms with van der Waals surface area (Å²) < 4.78 is 34.3. The van der Waals surface area contributed by atoms with E-state index in [0.29, 0.717) is 18.2 Å². The fourth-order valence-electron chi connectivity index (χ4n) is 2.75. The number of benzene rings is 1. The summed E-state index contributed by atoms with van der Waals surface area (Å²) in [6.07, 6.45) is 13.3. The predicted octanol–water partition coefficient (Wildman–Crippen LogP) is 6.26. The second kappa shape index (κ2) is 12.2. The van der Waals surface area contributed by atoms with E-state index in [1.54, 1.807) is 24.5 Å². The molecule has 1 aromatic heterocycles. The van der Waals surface area contributed by atoms with Gasteiger partial charge in [-0.1, -0.05) is 51.9 Å². The van der Waals surface area contributed by atoms with Gasteiger partial charge in [0.05, 0.1) is 19.0 Å². The number of halogens is 2. The molecule has 0 spiro atoms. The summed E-state index contributed by atoms with van der Waals surface area (Å²) in [6, 6.07) is 6.23. The van der Waals surface area contributed by atoms with Crippen molar-refractivity contribution >= 4 is 0 Å². The van der Waals surface area contributed by atoms with Crippen LogP contribution in [0.4, 0.5) is 8.78 Å². The Kier molecular flexibility index (Phi) is 9.52. The minimum Gasteiger partial charge on any atom is -0.490 e. The number of ether oxygens (including phenoxy) is 2. The highest BCUT2D eigenvalue weighted by Crippen LogP contribution is 2.21. The molecule has 6 heteroatoms. The molecule has 0 aliphatic rings. The van der Waals surface area contributed by atoms with Gasteiger partial charge in [0.2, 0.25) is 0 Å². The van der Waals surface area contributed by atoms with Gasteiger partial charge in [0.1, 0.15) is 5.75 Å². The lowest BCUT2D eigenvalue weighted by molar-refractivity contribution is -0.0498. The first-order valence-electron chi connectivity index (χ1n) is 9.69. The first-order chi connectivity index (χ1) is 13.2. The lowest BCUT2D eigenvalue weighted by atomic mass is 10.1. The fourth-order valence-corrected chi connectivity index (χ4v) is 2.75. The van der Waals surface area contributed by atoms with Crippen molar-refractivity contribution < 1.29 is 18.3 Å². The summed E-state index contributed by atoms with van der Waals surface area (Å²) in [4.78, 5) is 8.54. The third-order valence-electron chi connectivity index (χ3n) is 4.23. The first-order valence-corrected chi connectivity index (χ1v) is 9.69. The molecule has 0 unspecified atom stereocenters. The molecule has 1 aromatic carbocycles. The number of alkyl halides is 2. The fraction of sp³-hybridized carbons (Fsp3) is 0.524. The maximum Gasteiger partial charge on any atom is 0.387 e. The Labute approximate surface area is 160 Å². The lowest BCUT2D eigenvalue weighted by Gasteiger charge is -2.07. The summed E-state index contributed by atoms with van der Waals surface area (Å²) in [5.41, 5.74) is 0.728. The van der Waals surface area contributed by atoms with Crippen LogP contribution in [0.1, 0.15) is 58.3 Å². The highest BCUT2D eigenvalue weighted by molar-refractivity contribution is 5.56. The Balaban J connectivity index is 1.67. The predicted molar refractivity (Wildman–Crippen MR) is 102 cm³/mol. The van der Waals surface area contributed by atoms with Crippen LogP contribution in [0.5, 0.6) is 11.5 Å². The molecule has 2 aromatic rings. The van der Waals surface area contributed by atoms with E-state index in [0.717, 1.165) is 12.0 Å². The van der Waals surface area contributed by atoms with Crippen molar-refractivity contribution in [3.8, 4) is 22.9 Å². The van der Waals surface area contributed by atoms with Crippen LogP contribution < -0.4 is 9.47 Å². The molecule has 0 saturated carbocycles. The molecule has 0 N–H and O–H groups in total. The van der Waals surface area contributed by atoms with Crippen LogP contribution in [0.25, 0.3) is 11.4 Å².